The van der Waals surface area contributed by atoms with E-state index in [-0.39, 0.29) is 24.4 Å². The molecule has 226 valence electrons. The lowest BCUT2D eigenvalue weighted by molar-refractivity contribution is -0.0475. The van der Waals surface area contributed by atoms with Gasteiger partial charge in [-0.2, -0.15) is 5.10 Å². The van der Waals surface area contributed by atoms with E-state index >= 15 is 0 Å². The first kappa shape index (κ1) is 28.9. The van der Waals surface area contributed by atoms with Crippen LogP contribution in [0.5, 0.6) is 0 Å². The molecule has 0 amide bonds. The van der Waals surface area contributed by atoms with Crippen LogP contribution in [0.4, 0.5) is 5.82 Å². The Hall–Kier alpha value is -3.16. The predicted octanol–water partition coefficient (Wildman–Crippen LogP) is 0.118. The Morgan fingerprint density at radius 2 is 1.79 bits per heavy atom. The highest BCUT2D eigenvalue weighted by Gasteiger charge is 2.43. The number of phosphoric acid groups is 2. The van der Waals surface area contributed by atoms with Crippen LogP contribution < -0.4 is 11.3 Å². The van der Waals surface area contributed by atoms with E-state index in [1.807, 2.05) is 0 Å². The molecule has 6 atom stereocenters. The molecule has 0 radical (unpaired) electrons. The van der Waals surface area contributed by atoms with Crippen molar-refractivity contribution in [3.63, 3.8) is 0 Å². The molecule has 4 aromatic rings. The minimum absolute atomic E-state index is 0.0542. The Balaban J connectivity index is 1.11. The van der Waals surface area contributed by atoms with Gasteiger partial charge in [0, 0.05) is 6.42 Å². The van der Waals surface area contributed by atoms with Gasteiger partial charge in [0.05, 0.1) is 43.7 Å². The molecule has 0 aliphatic carbocycles. The van der Waals surface area contributed by atoms with Crippen molar-refractivity contribution in [1.29, 1.82) is 0 Å². The van der Waals surface area contributed by atoms with E-state index in [0.717, 1.165) is 0 Å². The molecule has 0 aromatic carbocycles. The molecule has 2 aliphatic rings. The smallest absolute Gasteiger partial charge is 0.382 e. The zero-order valence-corrected chi connectivity index (χ0v) is 23.2. The third-order valence-electron chi connectivity index (χ3n) is 6.77. The van der Waals surface area contributed by atoms with Crippen molar-refractivity contribution in [2.75, 3.05) is 18.9 Å². The highest BCUT2D eigenvalue weighted by atomic mass is 31.2. The first-order chi connectivity index (χ1) is 20.0. The van der Waals surface area contributed by atoms with Crippen LogP contribution in [0.15, 0.2) is 30.0 Å². The number of anilines is 1. The van der Waals surface area contributed by atoms with Crippen molar-refractivity contribution in [2.24, 2.45) is 0 Å². The summed E-state index contributed by atoms with van der Waals surface area (Å²) >= 11 is 0. The number of aromatic nitrogens is 8. The van der Waals surface area contributed by atoms with E-state index in [2.05, 4.69) is 34.7 Å². The number of rotatable bonds is 10. The second-order valence-electron chi connectivity index (χ2n) is 9.52. The van der Waals surface area contributed by atoms with Gasteiger partial charge in [-0.3, -0.25) is 22.9 Å². The minimum Gasteiger partial charge on any atom is -0.382 e. The fourth-order valence-electron chi connectivity index (χ4n) is 4.88. The van der Waals surface area contributed by atoms with Gasteiger partial charge in [0.1, 0.15) is 36.5 Å². The Bertz CT molecular complexity index is 1760. The summed E-state index contributed by atoms with van der Waals surface area (Å²) in [6.07, 6.45) is 2.10. The number of hydrogen-bond donors (Lipinski definition) is 5. The van der Waals surface area contributed by atoms with E-state index in [0.29, 0.717) is 29.5 Å². The molecule has 42 heavy (non-hydrogen) atoms. The zero-order valence-electron chi connectivity index (χ0n) is 21.4. The standard InChI is InChI=1S/C20H25N9O11P2/c21-18-17-19(23-7-22-18)29(9-25-17)15-3-12(13(39-15)6-36-41(31,32)33)40-42(34,35)37-5-10-1-2-14(38-10)28-8-24-16-11(28)4-26-27-20(16)30/h4,7-10,12-15H,1-3,5-6H2,(H,27,30)(H,34,35)(H2,21,22,23)(H2,31,32,33)/t10-,12?,13+,14+,15+/m0/s1. The number of H-pyrrole nitrogens is 1. The quantitative estimate of drug-likeness (QED) is 0.146. The van der Waals surface area contributed by atoms with Crippen LogP contribution >= 0.6 is 15.6 Å². The van der Waals surface area contributed by atoms with E-state index in [1.54, 1.807) is 4.57 Å². The molecular formula is C20H25N9O11P2. The first-order valence-corrected chi connectivity index (χ1v) is 15.5. The number of aromatic amines is 1. The van der Waals surface area contributed by atoms with E-state index < -0.39 is 58.6 Å². The summed E-state index contributed by atoms with van der Waals surface area (Å²) < 4.78 is 54.4. The molecule has 2 unspecified atom stereocenters. The topological polar surface area (TPSA) is 274 Å². The van der Waals surface area contributed by atoms with E-state index in [9.17, 15) is 18.8 Å². The van der Waals surface area contributed by atoms with Crippen LogP contribution in [0.25, 0.3) is 22.2 Å². The zero-order chi connectivity index (χ0) is 29.6. The van der Waals surface area contributed by atoms with Crippen LogP contribution in [0, 0.1) is 0 Å². The number of nitrogen functional groups attached to an aromatic ring is 1. The van der Waals surface area contributed by atoms with Gasteiger partial charge in [-0.15, -0.1) is 0 Å². The van der Waals surface area contributed by atoms with Crippen LogP contribution in [0.1, 0.15) is 31.7 Å². The molecule has 2 aliphatic heterocycles. The highest BCUT2D eigenvalue weighted by Crippen LogP contribution is 2.50. The van der Waals surface area contributed by atoms with Gasteiger partial charge in [0.2, 0.25) is 0 Å². The van der Waals surface area contributed by atoms with Gasteiger partial charge in [0.25, 0.3) is 5.56 Å². The highest BCUT2D eigenvalue weighted by molar-refractivity contribution is 7.47. The average molecular weight is 629 g/mol. The van der Waals surface area contributed by atoms with E-state index in [1.165, 1.54) is 29.7 Å². The third-order valence-corrected chi connectivity index (χ3v) is 8.27. The number of nitrogens with one attached hydrogen (secondary N) is 1. The lowest BCUT2D eigenvalue weighted by Crippen LogP contribution is -2.28. The number of imidazole rings is 2. The second kappa shape index (κ2) is 11.2. The maximum Gasteiger partial charge on any atom is 0.472 e. The summed E-state index contributed by atoms with van der Waals surface area (Å²) in [7, 11) is -9.63. The summed E-state index contributed by atoms with van der Waals surface area (Å²) in [5.74, 6) is 0.127. The normalized spacial score (nSPS) is 26.3. The Labute approximate surface area is 234 Å². The fraction of sp³-hybridized carbons (Fsp3) is 0.500. The number of fused-ring (bicyclic) bond motifs is 2. The largest absolute Gasteiger partial charge is 0.472 e. The van der Waals surface area contributed by atoms with Gasteiger partial charge in [-0.1, -0.05) is 0 Å². The fourth-order valence-corrected chi connectivity index (χ4v) is 6.20. The second-order valence-corrected chi connectivity index (χ2v) is 12.2. The van der Waals surface area contributed by atoms with Gasteiger partial charge in [-0.25, -0.2) is 34.2 Å². The SMILES string of the molecule is Nc1ncnc2c1ncn2[C@H]1CC(OP(=O)(O)OC[C@@H]2CC[C@H](n3cnc4c(=O)[nH]ncc43)O2)[C@@H](COP(=O)(O)O)O1. The van der Waals surface area contributed by atoms with Crippen LogP contribution in [0.3, 0.4) is 0 Å². The van der Waals surface area contributed by atoms with Crippen molar-refractivity contribution in [2.45, 2.75) is 50.0 Å². The van der Waals surface area contributed by atoms with Crippen molar-refractivity contribution < 1.29 is 46.9 Å². The van der Waals surface area contributed by atoms with Gasteiger partial charge in [-0.05, 0) is 12.8 Å². The van der Waals surface area contributed by atoms with Gasteiger partial charge >= 0.3 is 15.6 Å². The molecule has 6 rings (SSSR count). The maximum absolute atomic E-state index is 12.9. The monoisotopic (exact) mass is 629 g/mol. The number of nitrogens with two attached hydrogens (primary N) is 1. The van der Waals surface area contributed by atoms with Crippen LogP contribution in [0.2, 0.25) is 0 Å². The Morgan fingerprint density at radius 3 is 2.60 bits per heavy atom. The van der Waals surface area contributed by atoms with Crippen molar-refractivity contribution in [3.05, 3.63) is 35.5 Å². The molecule has 6 heterocycles. The summed E-state index contributed by atoms with van der Waals surface area (Å²) in [5.41, 5.74) is 6.68. The van der Waals surface area contributed by atoms with Crippen molar-refractivity contribution in [3.8, 4) is 0 Å². The molecule has 0 bridgehead atoms. The van der Waals surface area contributed by atoms with Crippen molar-refractivity contribution in [1.82, 2.24) is 39.3 Å². The molecule has 2 saturated heterocycles. The Morgan fingerprint density at radius 1 is 1.00 bits per heavy atom. The molecular weight excluding hydrogens is 604 g/mol. The number of ether oxygens (including phenoxy) is 2. The number of hydrogen-bond acceptors (Lipinski definition) is 14. The molecule has 0 spiro atoms. The lowest BCUT2D eigenvalue weighted by atomic mass is 10.2. The lowest BCUT2D eigenvalue weighted by Gasteiger charge is -2.22. The third kappa shape index (κ3) is 6.00. The molecule has 2 fully saturated rings. The Kier molecular flexibility index (Phi) is 7.69. The molecule has 0 saturated carbocycles. The van der Waals surface area contributed by atoms with Crippen molar-refractivity contribution >= 4 is 43.7 Å². The molecule has 6 N–H and O–H groups in total. The van der Waals surface area contributed by atoms with E-state index in [4.69, 9.17) is 34.0 Å². The maximum atomic E-state index is 12.9. The number of nitrogens with zero attached hydrogens (tertiary/aromatic N) is 7. The average Bonchev–Trinajstić information content (AvgIpc) is 3.71. The summed E-state index contributed by atoms with van der Waals surface area (Å²) in [6, 6.07) is 0. The summed E-state index contributed by atoms with van der Waals surface area (Å²) in [5, 5.41) is 6.09. The van der Waals surface area contributed by atoms with Crippen LogP contribution in [-0.4, -0.2) is 85.5 Å². The molecule has 20 nitrogen and oxygen atoms in total. The van der Waals surface area contributed by atoms with Gasteiger partial charge in [0.15, 0.2) is 17.0 Å². The predicted molar refractivity (Wildman–Crippen MR) is 138 cm³/mol. The first-order valence-electron chi connectivity index (χ1n) is 12.5. The van der Waals surface area contributed by atoms with Gasteiger partial charge < -0.3 is 34.5 Å². The molecule has 22 heteroatoms. The number of phosphoric ester groups is 2. The summed E-state index contributed by atoms with van der Waals surface area (Å²) in [6.45, 7) is -0.960. The van der Waals surface area contributed by atoms with Crippen LogP contribution in [-0.2, 0) is 32.2 Å². The minimum atomic E-state index is -4.89. The summed E-state index contributed by atoms with van der Waals surface area (Å²) in [4.78, 5) is 57.0. The molecule has 4 aromatic heterocycles.